The lowest BCUT2D eigenvalue weighted by atomic mass is 10.00. The topological polar surface area (TPSA) is 237 Å². The first-order valence-corrected chi connectivity index (χ1v) is 40.3. The number of aliphatic hydroxyl groups is 1. The Morgan fingerprint density at radius 1 is 0.308 bits per heavy atom. The van der Waals surface area contributed by atoms with Gasteiger partial charge >= 0.3 is 39.5 Å². The summed E-state index contributed by atoms with van der Waals surface area (Å²) >= 11 is 0. The summed E-state index contributed by atoms with van der Waals surface area (Å²) in [7, 11) is -9.91. The Bertz CT molecular complexity index is 1800. The fourth-order valence-corrected chi connectivity index (χ4v) is 12.4. The van der Waals surface area contributed by atoms with Crippen molar-refractivity contribution in [2.45, 2.75) is 375 Å². The number of phosphoric ester groups is 2. The van der Waals surface area contributed by atoms with Gasteiger partial charge in [0.1, 0.15) is 19.3 Å². The molecule has 0 radical (unpaired) electrons. The molecule has 0 aromatic heterocycles. The average Bonchev–Trinajstić information content (AvgIpc) is 2.80. The fourth-order valence-electron chi connectivity index (χ4n) is 10.8. The first kappa shape index (κ1) is 89.1. The highest BCUT2D eigenvalue weighted by atomic mass is 31.2. The minimum absolute atomic E-state index is 0.105. The molecular formula is C72H140O17P2. The van der Waals surface area contributed by atoms with Crippen LogP contribution in [0.4, 0.5) is 0 Å². The number of hydrogen-bond donors (Lipinski definition) is 3. The molecular weight excluding hydrogens is 1200 g/mol. The molecule has 19 heteroatoms. The maximum atomic E-state index is 13.0. The number of ether oxygens (including phenoxy) is 4. The van der Waals surface area contributed by atoms with E-state index in [2.05, 4.69) is 55.4 Å². The Labute approximate surface area is 556 Å². The lowest BCUT2D eigenvalue weighted by Crippen LogP contribution is -2.30. The lowest BCUT2D eigenvalue weighted by Gasteiger charge is -2.21. The number of hydrogen-bond acceptors (Lipinski definition) is 15. The fraction of sp³-hybridized carbons (Fsp3) is 0.944. The molecule has 3 N–H and O–H groups in total. The van der Waals surface area contributed by atoms with Gasteiger partial charge in [-0.1, -0.05) is 306 Å². The van der Waals surface area contributed by atoms with E-state index < -0.39 is 97.5 Å². The Morgan fingerprint density at radius 3 is 0.780 bits per heavy atom. The second-order valence-corrected chi connectivity index (χ2v) is 30.3. The number of esters is 4. The molecule has 0 aromatic rings. The van der Waals surface area contributed by atoms with Crippen LogP contribution >= 0.6 is 15.6 Å². The molecule has 0 heterocycles. The largest absolute Gasteiger partial charge is 0.472 e. The van der Waals surface area contributed by atoms with Crippen LogP contribution in [0.2, 0.25) is 0 Å². The van der Waals surface area contributed by atoms with Crippen LogP contribution in [-0.4, -0.2) is 96.7 Å². The van der Waals surface area contributed by atoms with Crippen LogP contribution in [0.5, 0.6) is 0 Å². The van der Waals surface area contributed by atoms with Crippen molar-refractivity contribution >= 4 is 39.5 Å². The molecule has 540 valence electrons. The van der Waals surface area contributed by atoms with E-state index >= 15 is 0 Å². The van der Waals surface area contributed by atoms with Crippen LogP contribution in [0.25, 0.3) is 0 Å². The van der Waals surface area contributed by atoms with Crippen molar-refractivity contribution in [1.82, 2.24) is 0 Å². The summed E-state index contributed by atoms with van der Waals surface area (Å²) in [5, 5.41) is 10.6. The van der Waals surface area contributed by atoms with Crippen LogP contribution in [0.15, 0.2) is 0 Å². The number of carbonyl (C=O) groups is 4. The summed E-state index contributed by atoms with van der Waals surface area (Å²) in [6.45, 7) is 14.1. The van der Waals surface area contributed by atoms with Gasteiger partial charge in [-0.25, -0.2) is 9.13 Å². The van der Waals surface area contributed by atoms with Crippen LogP contribution in [0, 0.1) is 23.7 Å². The van der Waals surface area contributed by atoms with E-state index in [0.717, 1.165) is 126 Å². The van der Waals surface area contributed by atoms with Gasteiger partial charge in [0.15, 0.2) is 12.2 Å². The molecule has 0 bridgehead atoms. The molecule has 0 saturated heterocycles. The highest BCUT2D eigenvalue weighted by Gasteiger charge is 2.30. The highest BCUT2D eigenvalue weighted by molar-refractivity contribution is 7.47. The molecule has 0 spiro atoms. The minimum Gasteiger partial charge on any atom is -0.462 e. The van der Waals surface area contributed by atoms with Gasteiger partial charge in [0, 0.05) is 25.7 Å². The molecule has 0 fully saturated rings. The van der Waals surface area contributed by atoms with Crippen molar-refractivity contribution in [2.24, 2.45) is 23.7 Å². The third kappa shape index (κ3) is 63.9. The predicted octanol–water partition coefficient (Wildman–Crippen LogP) is 20.5. The minimum atomic E-state index is -4.95. The van der Waals surface area contributed by atoms with E-state index in [1.165, 1.54) is 148 Å². The van der Waals surface area contributed by atoms with Gasteiger partial charge in [-0.3, -0.25) is 37.3 Å². The monoisotopic (exact) mass is 1340 g/mol. The quantitative estimate of drug-likeness (QED) is 0.0222. The van der Waals surface area contributed by atoms with Crippen molar-refractivity contribution in [3.8, 4) is 0 Å². The van der Waals surface area contributed by atoms with Crippen molar-refractivity contribution in [2.75, 3.05) is 39.6 Å². The van der Waals surface area contributed by atoms with Crippen molar-refractivity contribution in [1.29, 1.82) is 0 Å². The molecule has 7 atom stereocenters. The third-order valence-electron chi connectivity index (χ3n) is 17.3. The van der Waals surface area contributed by atoms with Gasteiger partial charge in [-0.15, -0.1) is 0 Å². The summed E-state index contributed by atoms with van der Waals surface area (Å²) in [6, 6.07) is 0. The molecule has 0 aliphatic carbocycles. The summed E-state index contributed by atoms with van der Waals surface area (Å²) < 4.78 is 68.3. The van der Waals surface area contributed by atoms with Gasteiger partial charge in [-0.2, -0.15) is 0 Å². The Balaban J connectivity index is 5.24. The van der Waals surface area contributed by atoms with E-state index in [-0.39, 0.29) is 25.7 Å². The smallest absolute Gasteiger partial charge is 0.462 e. The SMILES string of the molecule is CCC(C)CCCCCCCCC(=O)OC[C@H](COP(=O)(O)OC[C@H](O)COP(=O)(O)OC[C@@H](COC(=O)CCCCCCCCC(C)CC)OC(=O)CCCCCCCCCCCCCC(C)C)OC(=O)CCCCCCCCCCCCCCCCC(C)C. The molecule has 91 heavy (non-hydrogen) atoms. The van der Waals surface area contributed by atoms with Crippen molar-refractivity contribution in [3.63, 3.8) is 0 Å². The van der Waals surface area contributed by atoms with Crippen LogP contribution in [0.1, 0.15) is 357 Å². The van der Waals surface area contributed by atoms with E-state index in [1.54, 1.807) is 0 Å². The Kier molecular flexibility index (Phi) is 60.3. The molecule has 0 aliphatic rings. The zero-order chi connectivity index (χ0) is 67.5. The van der Waals surface area contributed by atoms with E-state index in [1.807, 2.05) is 0 Å². The zero-order valence-electron chi connectivity index (χ0n) is 59.5. The van der Waals surface area contributed by atoms with Gasteiger partial charge in [0.2, 0.25) is 0 Å². The van der Waals surface area contributed by atoms with Gasteiger partial charge < -0.3 is 33.8 Å². The van der Waals surface area contributed by atoms with Crippen molar-refractivity contribution < 1.29 is 80.2 Å². The lowest BCUT2D eigenvalue weighted by molar-refractivity contribution is -0.161. The maximum Gasteiger partial charge on any atom is 0.472 e. The second-order valence-electron chi connectivity index (χ2n) is 27.4. The van der Waals surface area contributed by atoms with Gasteiger partial charge in [0.25, 0.3) is 0 Å². The predicted molar refractivity (Wildman–Crippen MR) is 367 cm³/mol. The average molecular weight is 1340 g/mol. The Hall–Kier alpha value is -1.94. The number of unbranched alkanes of at least 4 members (excludes halogenated alkanes) is 33. The van der Waals surface area contributed by atoms with Crippen molar-refractivity contribution in [3.05, 3.63) is 0 Å². The van der Waals surface area contributed by atoms with Gasteiger partial charge in [0.05, 0.1) is 26.4 Å². The molecule has 17 nitrogen and oxygen atoms in total. The number of aliphatic hydroxyl groups excluding tert-OH is 1. The van der Waals surface area contributed by atoms with E-state index in [4.69, 9.17) is 37.0 Å². The number of phosphoric acid groups is 2. The number of rotatable bonds is 69. The standard InChI is InChI=1S/C72H140O17P2/c1-9-64(7)50-42-34-28-30-36-44-52-69(74)82-58-67(88-71(76)54-46-38-26-22-18-14-12-11-13-16-20-24-32-40-48-62(3)4)60-86-90(78,79)84-56-66(73)57-85-91(80,81)87-61-68(59-83-70(75)53-45-37-31-29-35-43-51-65(8)10-2)89-72(77)55-47-39-27-23-19-15-17-21-25-33-41-49-63(5)6/h62-68,73H,9-61H2,1-8H3,(H,78,79)(H,80,81)/t64?,65?,66-,67+,68+/m0/s1. The number of carbonyl (C=O) groups excluding carboxylic acids is 4. The first-order valence-electron chi connectivity index (χ1n) is 37.3. The summed E-state index contributed by atoms with van der Waals surface area (Å²) in [4.78, 5) is 72.6. The highest BCUT2D eigenvalue weighted by Crippen LogP contribution is 2.45. The van der Waals surface area contributed by atoms with Gasteiger partial charge in [-0.05, 0) is 49.4 Å². The second kappa shape index (κ2) is 61.6. The Morgan fingerprint density at radius 2 is 0.527 bits per heavy atom. The zero-order valence-corrected chi connectivity index (χ0v) is 61.3. The molecule has 4 unspecified atom stereocenters. The van der Waals surface area contributed by atoms with Crippen LogP contribution < -0.4 is 0 Å². The molecule has 0 aliphatic heterocycles. The molecule has 0 rings (SSSR count). The maximum absolute atomic E-state index is 13.0. The van der Waals surface area contributed by atoms with Crippen LogP contribution in [0.3, 0.4) is 0 Å². The summed E-state index contributed by atoms with van der Waals surface area (Å²) in [5.41, 5.74) is 0. The third-order valence-corrected chi connectivity index (χ3v) is 19.2. The van der Waals surface area contributed by atoms with Crippen LogP contribution in [-0.2, 0) is 65.4 Å². The van der Waals surface area contributed by atoms with E-state index in [0.29, 0.717) is 25.7 Å². The summed E-state index contributed by atoms with van der Waals surface area (Å²) in [6.07, 6.45) is 44.5. The summed E-state index contributed by atoms with van der Waals surface area (Å²) in [5.74, 6) is 0.894. The normalized spacial score (nSPS) is 14.8. The molecule has 0 saturated carbocycles. The first-order chi connectivity index (χ1) is 43.7. The molecule has 0 amide bonds. The van der Waals surface area contributed by atoms with E-state index in [9.17, 15) is 43.2 Å². The molecule has 0 aromatic carbocycles.